The van der Waals surface area contributed by atoms with Gasteiger partial charge in [-0.3, -0.25) is 19.7 Å². The van der Waals surface area contributed by atoms with Crippen molar-refractivity contribution in [3.63, 3.8) is 0 Å². The van der Waals surface area contributed by atoms with Gasteiger partial charge in [0.15, 0.2) is 6.61 Å². The first-order valence-corrected chi connectivity index (χ1v) is 8.66. The highest BCUT2D eigenvalue weighted by molar-refractivity contribution is 5.97. The third kappa shape index (κ3) is 6.96. The molecule has 0 saturated heterocycles. The number of carbonyl (C=O) groups is 4. The fourth-order valence-electron chi connectivity index (χ4n) is 2.65. The van der Waals surface area contributed by atoms with Crippen LogP contribution in [0.5, 0.6) is 5.75 Å². The van der Waals surface area contributed by atoms with Crippen LogP contribution in [-0.2, 0) is 14.3 Å². The molecule has 1 aliphatic carbocycles. The topological polar surface area (TPSA) is 123 Å². The Morgan fingerprint density at radius 1 is 1.07 bits per heavy atom. The minimum atomic E-state index is -0.789. The fourth-order valence-corrected chi connectivity index (χ4v) is 2.65. The largest absolute Gasteiger partial charge is 0.497 e. The van der Waals surface area contributed by atoms with Crippen molar-refractivity contribution in [2.24, 2.45) is 0 Å². The molecule has 0 bridgehead atoms. The summed E-state index contributed by atoms with van der Waals surface area (Å²) in [6.07, 6.45) is 3.90. The Morgan fingerprint density at radius 2 is 1.74 bits per heavy atom. The van der Waals surface area contributed by atoms with Crippen LogP contribution in [-0.4, -0.2) is 50.1 Å². The van der Waals surface area contributed by atoms with Crippen LogP contribution in [0.1, 0.15) is 36.0 Å². The van der Waals surface area contributed by atoms with Crippen LogP contribution in [0, 0.1) is 0 Å². The number of rotatable bonds is 7. The normalized spacial score (nSPS) is 13.5. The summed E-state index contributed by atoms with van der Waals surface area (Å²) in [5, 5.41) is 7.17. The molecule has 0 spiro atoms. The van der Waals surface area contributed by atoms with Gasteiger partial charge in [-0.25, -0.2) is 4.79 Å². The van der Waals surface area contributed by atoms with Gasteiger partial charge < -0.3 is 20.1 Å². The first-order chi connectivity index (χ1) is 13.0. The van der Waals surface area contributed by atoms with E-state index in [1.807, 2.05) is 0 Å². The first kappa shape index (κ1) is 20.2. The van der Waals surface area contributed by atoms with Gasteiger partial charge in [0.05, 0.1) is 7.11 Å². The molecule has 0 radical (unpaired) electrons. The molecule has 9 nitrogen and oxygen atoms in total. The SMILES string of the molecule is COc1ccc(C(=O)NCC(=O)OCC(=O)NC(=O)NC2CCCC2)cc1. The molecule has 3 N–H and O–H groups in total. The van der Waals surface area contributed by atoms with Crippen LogP contribution < -0.4 is 20.7 Å². The molecule has 0 aliphatic heterocycles. The van der Waals surface area contributed by atoms with E-state index in [0.29, 0.717) is 11.3 Å². The van der Waals surface area contributed by atoms with Gasteiger partial charge in [0.1, 0.15) is 12.3 Å². The summed E-state index contributed by atoms with van der Waals surface area (Å²) in [6.45, 7) is -0.998. The van der Waals surface area contributed by atoms with Crippen molar-refractivity contribution in [2.45, 2.75) is 31.7 Å². The summed E-state index contributed by atoms with van der Waals surface area (Å²) in [5.74, 6) is -1.38. The first-order valence-electron chi connectivity index (χ1n) is 8.66. The number of urea groups is 1. The molecular weight excluding hydrogens is 354 g/mol. The Kier molecular flexibility index (Phi) is 7.60. The molecule has 146 valence electrons. The lowest BCUT2D eigenvalue weighted by molar-refractivity contribution is -0.147. The van der Waals surface area contributed by atoms with Gasteiger partial charge in [-0.15, -0.1) is 0 Å². The Hall–Kier alpha value is -3.10. The van der Waals surface area contributed by atoms with Crippen molar-refractivity contribution in [1.82, 2.24) is 16.0 Å². The molecule has 1 aromatic rings. The van der Waals surface area contributed by atoms with Gasteiger partial charge in [0, 0.05) is 11.6 Å². The van der Waals surface area contributed by atoms with Gasteiger partial charge in [-0.05, 0) is 37.1 Å². The van der Waals surface area contributed by atoms with Crippen molar-refractivity contribution < 1.29 is 28.7 Å². The van der Waals surface area contributed by atoms with Crippen molar-refractivity contribution in [1.29, 1.82) is 0 Å². The average Bonchev–Trinajstić information content (AvgIpc) is 3.17. The highest BCUT2D eigenvalue weighted by Gasteiger charge is 2.18. The van der Waals surface area contributed by atoms with Gasteiger partial charge in [0.2, 0.25) is 0 Å². The Labute approximate surface area is 156 Å². The Balaban J connectivity index is 1.63. The molecule has 1 fully saturated rings. The van der Waals surface area contributed by atoms with Crippen molar-refractivity contribution in [3.8, 4) is 5.75 Å². The Morgan fingerprint density at radius 3 is 2.37 bits per heavy atom. The van der Waals surface area contributed by atoms with Crippen molar-refractivity contribution >= 4 is 23.8 Å². The number of hydrogen-bond acceptors (Lipinski definition) is 6. The van der Waals surface area contributed by atoms with E-state index in [-0.39, 0.29) is 6.04 Å². The van der Waals surface area contributed by atoms with E-state index >= 15 is 0 Å². The summed E-state index contributed by atoms with van der Waals surface area (Å²) in [6, 6.07) is 5.82. The monoisotopic (exact) mass is 377 g/mol. The number of hydrogen-bond donors (Lipinski definition) is 3. The number of esters is 1. The predicted octanol–water partition coefficient (Wildman–Crippen LogP) is 0.737. The number of benzene rings is 1. The van der Waals surface area contributed by atoms with E-state index in [0.717, 1.165) is 25.7 Å². The maximum absolute atomic E-state index is 11.9. The minimum Gasteiger partial charge on any atom is -0.497 e. The molecule has 2 rings (SSSR count). The molecule has 9 heteroatoms. The number of imide groups is 1. The van der Waals surface area contributed by atoms with Crippen LogP contribution in [0.4, 0.5) is 4.79 Å². The number of methoxy groups -OCH3 is 1. The quantitative estimate of drug-likeness (QED) is 0.602. The van der Waals surface area contributed by atoms with Gasteiger partial charge in [-0.2, -0.15) is 0 Å². The summed E-state index contributed by atoms with van der Waals surface area (Å²) in [5.41, 5.74) is 0.352. The molecule has 4 amide bonds. The molecular formula is C18H23N3O6. The third-order valence-corrected chi connectivity index (χ3v) is 4.05. The third-order valence-electron chi connectivity index (χ3n) is 4.05. The summed E-state index contributed by atoms with van der Waals surface area (Å²) < 4.78 is 9.73. The maximum Gasteiger partial charge on any atom is 0.325 e. The van der Waals surface area contributed by atoms with E-state index in [1.54, 1.807) is 24.3 Å². The van der Waals surface area contributed by atoms with Gasteiger partial charge in [0.25, 0.3) is 11.8 Å². The number of ether oxygens (including phenoxy) is 2. The molecule has 1 aromatic carbocycles. The van der Waals surface area contributed by atoms with E-state index < -0.39 is 37.0 Å². The highest BCUT2D eigenvalue weighted by atomic mass is 16.5. The smallest absolute Gasteiger partial charge is 0.325 e. The summed E-state index contributed by atoms with van der Waals surface area (Å²) in [4.78, 5) is 46.7. The number of carbonyl (C=O) groups excluding carboxylic acids is 4. The van der Waals surface area contributed by atoms with E-state index in [2.05, 4.69) is 16.0 Å². The summed E-state index contributed by atoms with van der Waals surface area (Å²) >= 11 is 0. The molecule has 0 heterocycles. The summed E-state index contributed by atoms with van der Waals surface area (Å²) in [7, 11) is 1.51. The van der Waals surface area contributed by atoms with Crippen LogP contribution in [0.3, 0.4) is 0 Å². The van der Waals surface area contributed by atoms with Crippen LogP contribution in [0.15, 0.2) is 24.3 Å². The molecule has 1 aliphatic rings. The second-order valence-corrected chi connectivity index (χ2v) is 6.07. The number of amides is 4. The maximum atomic E-state index is 11.9. The van der Waals surface area contributed by atoms with Crippen molar-refractivity contribution in [2.75, 3.05) is 20.3 Å². The zero-order valence-electron chi connectivity index (χ0n) is 15.1. The zero-order chi connectivity index (χ0) is 19.6. The standard InChI is InChI=1S/C18H23N3O6/c1-26-14-8-6-12(7-9-14)17(24)19-10-16(23)27-11-15(22)21-18(25)20-13-4-2-3-5-13/h6-9,13H,2-5,10-11H2,1H3,(H,19,24)(H2,20,21,22,25). The highest BCUT2D eigenvalue weighted by Crippen LogP contribution is 2.17. The number of nitrogens with one attached hydrogen (secondary N) is 3. The van der Waals surface area contributed by atoms with Gasteiger partial charge in [-0.1, -0.05) is 12.8 Å². The Bertz CT molecular complexity index is 683. The fraction of sp³-hybridized carbons (Fsp3) is 0.444. The lowest BCUT2D eigenvalue weighted by Gasteiger charge is -2.12. The van der Waals surface area contributed by atoms with Crippen LogP contribution >= 0.6 is 0 Å². The van der Waals surface area contributed by atoms with Crippen LogP contribution in [0.2, 0.25) is 0 Å². The average molecular weight is 377 g/mol. The lowest BCUT2D eigenvalue weighted by Crippen LogP contribution is -2.45. The lowest BCUT2D eigenvalue weighted by atomic mass is 10.2. The van der Waals surface area contributed by atoms with Crippen LogP contribution in [0.25, 0.3) is 0 Å². The van der Waals surface area contributed by atoms with Gasteiger partial charge >= 0.3 is 12.0 Å². The molecule has 0 unspecified atom stereocenters. The molecule has 0 aromatic heterocycles. The van der Waals surface area contributed by atoms with E-state index in [1.165, 1.54) is 7.11 Å². The molecule has 0 atom stereocenters. The van der Waals surface area contributed by atoms with E-state index in [4.69, 9.17) is 9.47 Å². The second kappa shape index (κ2) is 10.1. The van der Waals surface area contributed by atoms with E-state index in [9.17, 15) is 19.2 Å². The van der Waals surface area contributed by atoms with Crippen molar-refractivity contribution in [3.05, 3.63) is 29.8 Å². The second-order valence-electron chi connectivity index (χ2n) is 6.07. The predicted molar refractivity (Wildman–Crippen MR) is 95.2 cm³/mol. The zero-order valence-corrected chi connectivity index (χ0v) is 15.1. The minimum absolute atomic E-state index is 0.0773. The molecule has 27 heavy (non-hydrogen) atoms. The molecule has 1 saturated carbocycles.